The summed E-state index contributed by atoms with van der Waals surface area (Å²) in [6.45, 7) is 3.49. The molecule has 0 radical (unpaired) electrons. The van der Waals surface area contributed by atoms with Crippen molar-refractivity contribution >= 4 is 35.8 Å². The van der Waals surface area contributed by atoms with E-state index in [1.54, 1.807) is 38.1 Å². The average Bonchev–Trinajstić information content (AvgIpc) is 2.29. The van der Waals surface area contributed by atoms with E-state index < -0.39 is 5.76 Å². The Kier molecular flexibility index (Phi) is 7.97. The first-order valence-electron chi connectivity index (χ1n) is 5.51. The van der Waals surface area contributed by atoms with Crippen LogP contribution < -0.4 is 11.1 Å². The van der Waals surface area contributed by atoms with E-state index in [0.29, 0.717) is 22.3 Å². The number of hydrogen-bond donors (Lipinski definition) is 2. The predicted molar refractivity (Wildman–Crippen MR) is 77.0 cm³/mol. The fourth-order valence-corrected chi connectivity index (χ4v) is 1.71. The Morgan fingerprint density at radius 3 is 2.21 bits per heavy atom. The molecule has 3 nitrogen and oxygen atoms in total. The second-order valence-electron chi connectivity index (χ2n) is 4.04. The number of hydrogen-bond acceptors (Lipinski definition) is 3. The van der Waals surface area contributed by atoms with Crippen molar-refractivity contribution in [2.24, 2.45) is 11.7 Å². The molecular formula is C12H17ClF2N2OS. The zero-order valence-electron chi connectivity index (χ0n) is 10.6. The fraction of sp³-hybridized carbons (Fsp3) is 0.417. The van der Waals surface area contributed by atoms with Crippen molar-refractivity contribution in [2.45, 2.75) is 30.5 Å². The minimum atomic E-state index is -2.44. The van der Waals surface area contributed by atoms with E-state index in [2.05, 4.69) is 5.32 Å². The molecule has 0 saturated heterocycles. The largest absolute Gasteiger partial charge is 0.327 e. The number of nitrogens with two attached hydrogens (primary N) is 1. The van der Waals surface area contributed by atoms with Crippen molar-refractivity contribution in [3.63, 3.8) is 0 Å². The number of carbonyl (C=O) groups is 1. The fourth-order valence-electron chi connectivity index (χ4n) is 1.21. The Morgan fingerprint density at radius 1 is 1.26 bits per heavy atom. The van der Waals surface area contributed by atoms with E-state index in [0.717, 1.165) is 0 Å². The molecule has 0 bridgehead atoms. The Balaban J connectivity index is 0.00000324. The third kappa shape index (κ3) is 6.22. The number of carbonyl (C=O) groups excluding carboxylic acids is 1. The Labute approximate surface area is 121 Å². The van der Waals surface area contributed by atoms with Crippen LogP contribution in [0, 0.1) is 5.92 Å². The summed E-state index contributed by atoms with van der Waals surface area (Å²) in [4.78, 5) is 12.2. The average molecular weight is 311 g/mol. The minimum absolute atomic E-state index is 0. The van der Waals surface area contributed by atoms with Gasteiger partial charge in [0.25, 0.3) is 5.76 Å². The molecule has 108 valence electrons. The predicted octanol–water partition coefficient (Wildman–Crippen LogP) is 3.34. The van der Waals surface area contributed by atoms with Crippen molar-refractivity contribution in [3.8, 4) is 0 Å². The molecule has 0 aromatic heterocycles. The van der Waals surface area contributed by atoms with Crippen molar-refractivity contribution in [2.75, 3.05) is 5.32 Å². The highest BCUT2D eigenvalue weighted by molar-refractivity contribution is 7.99. The van der Waals surface area contributed by atoms with Crippen LogP contribution in [0.5, 0.6) is 0 Å². The highest BCUT2D eigenvalue weighted by atomic mass is 35.5. The molecular weight excluding hydrogens is 294 g/mol. The Morgan fingerprint density at radius 2 is 1.79 bits per heavy atom. The van der Waals surface area contributed by atoms with Gasteiger partial charge in [0.15, 0.2) is 0 Å². The summed E-state index contributed by atoms with van der Waals surface area (Å²) in [6.07, 6.45) is 0. The zero-order valence-corrected chi connectivity index (χ0v) is 12.2. The van der Waals surface area contributed by atoms with Crippen LogP contribution in [0.2, 0.25) is 0 Å². The normalized spacial score (nSPS) is 13.6. The van der Waals surface area contributed by atoms with Gasteiger partial charge in [-0.3, -0.25) is 4.79 Å². The monoisotopic (exact) mass is 310 g/mol. The third-order valence-electron chi connectivity index (χ3n) is 2.55. The number of benzene rings is 1. The van der Waals surface area contributed by atoms with Gasteiger partial charge >= 0.3 is 0 Å². The smallest absolute Gasteiger partial charge is 0.288 e. The van der Waals surface area contributed by atoms with Crippen LogP contribution in [0.4, 0.5) is 14.5 Å². The molecule has 2 unspecified atom stereocenters. The molecule has 0 aliphatic carbocycles. The van der Waals surface area contributed by atoms with E-state index in [1.807, 2.05) is 0 Å². The molecule has 1 amide bonds. The summed E-state index contributed by atoms with van der Waals surface area (Å²) in [6, 6.07) is 6.04. The number of nitrogens with one attached hydrogen (secondary N) is 1. The van der Waals surface area contributed by atoms with Crippen LogP contribution in [0.1, 0.15) is 13.8 Å². The zero-order chi connectivity index (χ0) is 13.7. The lowest BCUT2D eigenvalue weighted by Gasteiger charge is -2.15. The van der Waals surface area contributed by atoms with E-state index in [9.17, 15) is 13.6 Å². The van der Waals surface area contributed by atoms with Gasteiger partial charge in [0.1, 0.15) is 0 Å². The molecule has 2 atom stereocenters. The molecule has 0 saturated carbocycles. The Bertz CT molecular complexity index is 401. The summed E-state index contributed by atoms with van der Waals surface area (Å²) in [5, 5.41) is 2.69. The molecule has 0 aliphatic rings. The van der Waals surface area contributed by atoms with E-state index in [4.69, 9.17) is 5.73 Å². The molecule has 0 spiro atoms. The van der Waals surface area contributed by atoms with Crippen molar-refractivity contribution < 1.29 is 13.6 Å². The van der Waals surface area contributed by atoms with Gasteiger partial charge < -0.3 is 11.1 Å². The highest BCUT2D eigenvalue weighted by Crippen LogP contribution is 2.26. The first-order chi connectivity index (χ1) is 8.40. The summed E-state index contributed by atoms with van der Waals surface area (Å²) >= 11 is 0.471. The van der Waals surface area contributed by atoms with Gasteiger partial charge in [0.2, 0.25) is 5.91 Å². The number of halogens is 3. The topological polar surface area (TPSA) is 55.1 Å². The maximum atomic E-state index is 12.1. The molecule has 0 fully saturated rings. The second-order valence-corrected chi connectivity index (χ2v) is 5.10. The summed E-state index contributed by atoms with van der Waals surface area (Å²) in [7, 11) is 0. The van der Waals surface area contributed by atoms with Crippen molar-refractivity contribution in [1.82, 2.24) is 0 Å². The van der Waals surface area contributed by atoms with Crippen molar-refractivity contribution in [3.05, 3.63) is 24.3 Å². The SMILES string of the molecule is CC(N)C(C)C(=O)Nc1ccc(SC(F)F)cc1.Cl. The molecule has 1 aromatic rings. The number of thioether (sulfide) groups is 1. The summed E-state index contributed by atoms with van der Waals surface area (Å²) in [5.74, 6) is -2.93. The molecule has 7 heteroatoms. The van der Waals surface area contributed by atoms with Gasteiger partial charge in [-0.05, 0) is 31.2 Å². The Hall–Kier alpha value is -0.850. The van der Waals surface area contributed by atoms with Crippen LogP contribution in [0.3, 0.4) is 0 Å². The molecule has 19 heavy (non-hydrogen) atoms. The molecule has 0 aliphatic heterocycles. The van der Waals surface area contributed by atoms with Gasteiger partial charge in [0, 0.05) is 16.6 Å². The molecule has 1 rings (SSSR count). The van der Waals surface area contributed by atoms with Crippen LogP contribution in [-0.2, 0) is 4.79 Å². The van der Waals surface area contributed by atoms with Gasteiger partial charge in [-0.25, -0.2) is 0 Å². The second kappa shape index (κ2) is 8.35. The number of anilines is 1. The maximum absolute atomic E-state index is 12.1. The van der Waals surface area contributed by atoms with Gasteiger partial charge in [0.05, 0.1) is 5.92 Å². The third-order valence-corrected chi connectivity index (χ3v) is 3.27. The lowest BCUT2D eigenvalue weighted by atomic mass is 10.0. The standard InChI is InChI=1S/C12H16F2N2OS.ClH/c1-7(8(2)15)11(17)16-9-3-5-10(6-4-9)18-12(13)14;/h3-8,12H,15H2,1-2H3,(H,16,17);1H. The lowest BCUT2D eigenvalue weighted by molar-refractivity contribution is -0.119. The molecule has 3 N–H and O–H groups in total. The lowest BCUT2D eigenvalue weighted by Crippen LogP contribution is -2.34. The van der Waals surface area contributed by atoms with Crippen LogP contribution >= 0.6 is 24.2 Å². The van der Waals surface area contributed by atoms with Crippen LogP contribution in [0.25, 0.3) is 0 Å². The number of rotatable bonds is 5. The highest BCUT2D eigenvalue weighted by Gasteiger charge is 2.16. The van der Waals surface area contributed by atoms with E-state index in [1.165, 1.54) is 0 Å². The number of amides is 1. The maximum Gasteiger partial charge on any atom is 0.288 e. The first-order valence-corrected chi connectivity index (χ1v) is 6.39. The van der Waals surface area contributed by atoms with E-state index in [-0.39, 0.29) is 30.3 Å². The van der Waals surface area contributed by atoms with Crippen LogP contribution in [0.15, 0.2) is 29.2 Å². The van der Waals surface area contributed by atoms with Gasteiger partial charge in [-0.1, -0.05) is 18.7 Å². The minimum Gasteiger partial charge on any atom is -0.327 e. The van der Waals surface area contributed by atoms with Crippen molar-refractivity contribution in [1.29, 1.82) is 0 Å². The number of alkyl halides is 2. The van der Waals surface area contributed by atoms with E-state index >= 15 is 0 Å². The molecule has 0 heterocycles. The van der Waals surface area contributed by atoms with Gasteiger partial charge in [-0.15, -0.1) is 12.4 Å². The summed E-state index contributed by atoms with van der Waals surface area (Å²) < 4.78 is 24.2. The quantitative estimate of drug-likeness (QED) is 0.820. The summed E-state index contributed by atoms with van der Waals surface area (Å²) in [5.41, 5.74) is 6.20. The van der Waals surface area contributed by atoms with Gasteiger partial charge in [-0.2, -0.15) is 8.78 Å². The first kappa shape index (κ1) is 18.1. The molecule has 1 aromatic carbocycles. The van der Waals surface area contributed by atoms with Crippen LogP contribution in [-0.4, -0.2) is 17.7 Å².